The summed E-state index contributed by atoms with van der Waals surface area (Å²) in [6.45, 7) is 4.41. The van der Waals surface area contributed by atoms with Crippen LogP contribution < -0.4 is 9.64 Å². The van der Waals surface area contributed by atoms with Gasteiger partial charge in [-0.1, -0.05) is 42.1 Å². The predicted octanol–water partition coefficient (Wildman–Crippen LogP) is 4.20. The maximum Gasteiger partial charge on any atom is 0.277 e. The van der Waals surface area contributed by atoms with Gasteiger partial charge in [-0.05, 0) is 43.7 Å². The number of ether oxygens (including phenoxy) is 1. The first kappa shape index (κ1) is 19.9. The van der Waals surface area contributed by atoms with Gasteiger partial charge < -0.3 is 14.1 Å². The van der Waals surface area contributed by atoms with Crippen molar-refractivity contribution in [2.75, 3.05) is 18.6 Å². The lowest BCUT2D eigenvalue weighted by Crippen LogP contribution is -2.36. The van der Waals surface area contributed by atoms with Crippen LogP contribution in [0, 0.1) is 0 Å². The topological polar surface area (TPSA) is 68.5 Å². The van der Waals surface area contributed by atoms with Gasteiger partial charge in [-0.15, -0.1) is 10.2 Å². The summed E-state index contributed by atoms with van der Waals surface area (Å²) in [4.78, 5) is 14.6. The highest BCUT2D eigenvalue weighted by atomic mass is 32.2. The van der Waals surface area contributed by atoms with E-state index in [2.05, 4.69) is 10.2 Å². The highest BCUT2D eigenvalue weighted by Gasteiger charge is 2.24. The molecule has 28 heavy (non-hydrogen) atoms. The van der Waals surface area contributed by atoms with Gasteiger partial charge in [-0.2, -0.15) is 0 Å². The summed E-state index contributed by atoms with van der Waals surface area (Å²) in [5.74, 6) is 1.33. The molecule has 0 spiro atoms. The molecule has 1 atom stereocenters. The van der Waals surface area contributed by atoms with Gasteiger partial charge in [0.15, 0.2) is 0 Å². The Morgan fingerprint density at radius 1 is 1.14 bits per heavy atom. The van der Waals surface area contributed by atoms with Crippen LogP contribution in [0.1, 0.15) is 25.3 Å². The Bertz CT molecular complexity index is 897. The highest BCUT2D eigenvalue weighted by Crippen LogP contribution is 2.26. The van der Waals surface area contributed by atoms with Crippen molar-refractivity contribution in [3.63, 3.8) is 0 Å². The summed E-state index contributed by atoms with van der Waals surface area (Å²) >= 11 is 1.28. The van der Waals surface area contributed by atoms with E-state index in [1.165, 1.54) is 11.8 Å². The average molecular weight is 398 g/mol. The molecule has 3 aromatic rings. The monoisotopic (exact) mass is 397 g/mol. The van der Waals surface area contributed by atoms with Crippen molar-refractivity contribution in [1.82, 2.24) is 10.2 Å². The Labute approximate surface area is 168 Å². The van der Waals surface area contributed by atoms with Crippen molar-refractivity contribution in [3.05, 3.63) is 66.1 Å². The van der Waals surface area contributed by atoms with Gasteiger partial charge in [0.2, 0.25) is 11.8 Å². The van der Waals surface area contributed by atoms with Crippen molar-refractivity contribution < 1.29 is 13.9 Å². The number of hydrogen-bond acceptors (Lipinski definition) is 6. The third kappa shape index (κ3) is 4.92. The minimum atomic E-state index is -0.338. The second-order valence-corrected chi connectivity index (χ2v) is 7.46. The standard InChI is InChI=1S/C21H23N3O3S/c1-4-24(17-8-6-5-7-9-17)20(25)15(2)28-21-23-22-19(27-21)14-16-10-12-18(26-3)13-11-16/h5-13,15H,4,14H2,1-3H3. The van der Waals surface area contributed by atoms with Gasteiger partial charge >= 0.3 is 0 Å². The SMILES string of the molecule is CCN(C(=O)C(C)Sc1nnc(Cc2ccc(OC)cc2)o1)c1ccccc1. The molecule has 0 saturated heterocycles. The van der Waals surface area contributed by atoms with Gasteiger partial charge in [-0.3, -0.25) is 4.79 Å². The molecule has 3 rings (SSSR count). The van der Waals surface area contributed by atoms with Gasteiger partial charge in [0.25, 0.3) is 5.22 Å². The molecule has 1 heterocycles. The number of nitrogens with zero attached hydrogens (tertiary/aromatic N) is 3. The van der Waals surface area contributed by atoms with E-state index >= 15 is 0 Å². The quantitative estimate of drug-likeness (QED) is 0.531. The summed E-state index contributed by atoms with van der Waals surface area (Å²) in [6, 6.07) is 17.3. The van der Waals surface area contributed by atoms with Crippen molar-refractivity contribution in [1.29, 1.82) is 0 Å². The number of methoxy groups -OCH3 is 1. The van der Waals surface area contributed by atoms with E-state index in [9.17, 15) is 4.79 Å². The summed E-state index contributed by atoms with van der Waals surface area (Å²) in [6.07, 6.45) is 0.533. The van der Waals surface area contributed by atoms with Gasteiger partial charge in [0, 0.05) is 12.2 Å². The Morgan fingerprint density at radius 3 is 2.50 bits per heavy atom. The van der Waals surface area contributed by atoms with Crippen molar-refractivity contribution >= 4 is 23.4 Å². The van der Waals surface area contributed by atoms with E-state index < -0.39 is 0 Å². The number of amides is 1. The van der Waals surface area contributed by atoms with Crippen LogP contribution in [-0.2, 0) is 11.2 Å². The molecule has 6 nitrogen and oxygen atoms in total. The summed E-state index contributed by atoms with van der Waals surface area (Å²) < 4.78 is 10.9. The molecular formula is C21H23N3O3S. The largest absolute Gasteiger partial charge is 0.497 e. The van der Waals surface area contributed by atoms with Crippen LogP contribution in [0.15, 0.2) is 64.2 Å². The zero-order valence-electron chi connectivity index (χ0n) is 16.2. The van der Waals surface area contributed by atoms with Gasteiger partial charge in [0.05, 0.1) is 18.8 Å². The van der Waals surface area contributed by atoms with Crippen molar-refractivity contribution in [3.8, 4) is 5.75 Å². The Hall–Kier alpha value is -2.80. The number of anilines is 1. The summed E-state index contributed by atoms with van der Waals surface area (Å²) in [5, 5.41) is 8.23. The maximum atomic E-state index is 12.8. The average Bonchev–Trinajstić information content (AvgIpc) is 3.16. The molecule has 0 radical (unpaired) electrons. The highest BCUT2D eigenvalue weighted by molar-refractivity contribution is 8.00. The number of rotatable bonds is 8. The molecule has 0 saturated carbocycles. The van der Waals surface area contributed by atoms with Crippen molar-refractivity contribution in [2.45, 2.75) is 30.7 Å². The number of carbonyl (C=O) groups excluding carboxylic acids is 1. The molecule has 0 bridgehead atoms. The fourth-order valence-corrected chi connectivity index (χ4v) is 3.53. The number of benzene rings is 2. The zero-order chi connectivity index (χ0) is 19.9. The van der Waals surface area contributed by atoms with Crippen LogP contribution in [0.25, 0.3) is 0 Å². The van der Waals surface area contributed by atoms with E-state index in [4.69, 9.17) is 9.15 Å². The summed E-state index contributed by atoms with van der Waals surface area (Å²) in [5.41, 5.74) is 1.93. The van der Waals surface area contributed by atoms with Crippen LogP contribution in [0.4, 0.5) is 5.69 Å². The van der Waals surface area contributed by atoms with E-state index in [1.54, 1.807) is 12.0 Å². The number of thioether (sulfide) groups is 1. The second-order valence-electron chi connectivity index (χ2n) is 6.16. The van der Waals surface area contributed by atoms with E-state index in [0.717, 1.165) is 17.0 Å². The summed E-state index contributed by atoms with van der Waals surface area (Å²) in [7, 11) is 1.64. The lowest BCUT2D eigenvalue weighted by molar-refractivity contribution is -0.117. The molecule has 1 unspecified atom stereocenters. The van der Waals surface area contributed by atoms with Crippen LogP contribution in [-0.4, -0.2) is 35.0 Å². The first-order chi connectivity index (χ1) is 13.6. The lowest BCUT2D eigenvalue weighted by atomic mass is 10.1. The molecule has 0 N–H and O–H groups in total. The third-order valence-corrected chi connectivity index (χ3v) is 5.16. The smallest absolute Gasteiger partial charge is 0.277 e. The number of hydrogen-bond donors (Lipinski definition) is 0. The van der Waals surface area contributed by atoms with Crippen LogP contribution in [0.2, 0.25) is 0 Å². The molecule has 1 amide bonds. The zero-order valence-corrected chi connectivity index (χ0v) is 17.0. The van der Waals surface area contributed by atoms with E-state index in [1.807, 2.05) is 68.4 Å². The van der Waals surface area contributed by atoms with Gasteiger partial charge in [0.1, 0.15) is 5.75 Å². The second kappa shape index (κ2) is 9.41. The number of para-hydroxylation sites is 1. The van der Waals surface area contributed by atoms with Crippen LogP contribution in [0.5, 0.6) is 5.75 Å². The molecule has 0 aliphatic carbocycles. The third-order valence-electron chi connectivity index (χ3n) is 4.24. The minimum absolute atomic E-state index is 0.00797. The van der Waals surface area contributed by atoms with E-state index in [0.29, 0.717) is 24.1 Å². The number of carbonyl (C=O) groups is 1. The van der Waals surface area contributed by atoms with Crippen LogP contribution >= 0.6 is 11.8 Å². The predicted molar refractivity (Wildman–Crippen MR) is 110 cm³/mol. The maximum absolute atomic E-state index is 12.8. The molecule has 7 heteroatoms. The van der Waals surface area contributed by atoms with Crippen LogP contribution in [0.3, 0.4) is 0 Å². The molecule has 0 aliphatic rings. The Morgan fingerprint density at radius 2 is 1.86 bits per heavy atom. The molecule has 146 valence electrons. The fourth-order valence-electron chi connectivity index (χ4n) is 2.77. The first-order valence-electron chi connectivity index (χ1n) is 9.09. The molecule has 0 aliphatic heterocycles. The first-order valence-corrected chi connectivity index (χ1v) is 9.97. The normalized spacial score (nSPS) is 11.8. The van der Waals surface area contributed by atoms with Crippen molar-refractivity contribution in [2.24, 2.45) is 0 Å². The minimum Gasteiger partial charge on any atom is -0.497 e. The lowest BCUT2D eigenvalue weighted by Gasteiger charge is -2.23. The Balaban J connectivity index is 1.62. The Kier molecular flexibility index (Phi) is 6.71. The number of aromatic nitrogens is 2. The molecule has 0 fully saturated rings. The molecule has 1 aromatic heterocycles. The molecular weight excluding hydrogens is 374 g/mol. The fraction of sp³-hybridized carbons (Fsp3) is 0.286. The molecule has 2 aromatic carbocycles. The van der Waals surface area contributed by atoms with E-state index in [-0.39, 0.29) is 11.2 Å². The van der Waals surface area contributed by atoms with Gasteiger partial charge in [-0.25, -0.2) is 0 Å².